The molecule has 0 heterocycles. The second kappa shape index (κ2) is 6.79. The molecule has 0 aliphatic rings. The summed E-state index contributed by atoms with van der Waals surface area (Å²) in [5, 5.41) is 35.2. The van der Waals surface area contributed by atoms with Gasteiger partial charge >= 0.3 is 0 Å². The van der Waals surface area contributed by atoms with E-state index in [1.807, 2.05) is 0 Å². The minimum atomic E-state index is -0.274. The smallest absolute Gasteiger partial charge is 0.158 e. The average molecular weight is 276 g/mol. The standard InChI is InChI=1S/2C7H6O3/c2*8-4-5-1-2-6(9)7(10)3-5/h2*1-4,9-10H. The number of hydrogen-bond acceptors (Lipinski definition) is 6. The van der Waals surface area contributed by atoms with E-state index in [0.717, 1.165) is 0 Å². The summed E-state index contributed by atoms with van der Waals surface area (Å²) in [4.78, 5) is 20.2. The van der Waals surface area contributed by atoms with Crippen LogP contribution in [-0.4, -0.2) is 33.0 Å². The molecule has 0 fully saturated rings. The number of carbonyl (C=O) groups is 2. The number of phenols is 4. The quantitative estimate of drug-likeness (QED) is 0.491. The van der Waals surface area contributed by atoms with Gasteiger partial charge in [-0.05, 0) is 36.4 Å². The number of carbonyl (C=O) groups excluding carboxylic acids is 2. The SMILES string of the molecule is O=Cc1ccc(O)c(O)c1.O=Cc1ccc(O)c(O)c1. The van der Waals surface area contributed by atoms with Crippen LogP contribution in [0.15, 0.2) is 36.4 Å². The molecule has 0 unspecified atom stereocenters. The van der Waals surface area contributed by atoms with Crippen LogP contribution in [0.2, 0.25) is 0 Å². The van der Waals surface area contributed by atoms with E-state index in [4.69, 9.17) is 20.4 Å². The predicted molar refractivity (Wildman–Crippen MR) is 70.3 cm³/mol. The maximum absolute atomic E-state index is 10.1. The van der Waals surface area contributed by atoms with Crippen LogP contribution in [0.25, 0.3) is 0 Å². The fraction of sp³-hybridized carbons (Fsp3) is 0. The van der Waals surface area contributed by atoms with Gasteiger partial charge in [-0.15, -0.1) is 0 Å². The molecule has 0 bridgehead atoms. The van der Waals surface area contributed by atoms with Crippen LogP contribution < -0.4 is 0 Å². The van der Waals surface area contributed by atoms with Crippen molar-refractivity contribution in [1.29, 1.82) is 0 Å². The van der Waals surface area contributed by atoms with Crippen molar-refractivity contribution in [3.05, 3.63) is 47.5 Å². The lowest BCUT2D eigenvalue weighted by Crippen LogP contribution is -1.77. The van der Waals surface area contributed by atoms with E-state index in [0.29, 0.717) is 23.7 Å². The summed E-state index contributed by atoms with van der Waals surface area (Å²) in [6.45, 7) is 0. The molecular formula is C14H12O6. The Labute approximate surface area is 114 Å². The normalized spacial score (nSPS) is 9.20. The number of aldehydes is 2. The highest BCUT2D eigenvalue weighted by atomic mass is 16.3. The first-order valence-corrected chi connectivity index (χ1v) is 5.42. The van der Waals surface area contributed by atoms with Crippen LogP contribution in [0.5, 0.6) is 23.0 Å². The largest absolute Gasteiger partial charge is 0.504 e. The Hall–Kier alpha value is -3.02. The fourth-order valence-electron chi connectivity index (χ4n) is 1.23. The molecule has 2 aromatic rings. The highest BCUT2D eigenvalue weighted by molar-refractivity contribution is 5.76. The van der Waals surface area contributed by atoms with Crippen LogP contribution in [0.4, 0.5) is 0 Å². The summed E-state index contributed by atoms with van der Waals surface area (Å²) in [5.74, 6) is -0.981. The Morgan fingerprint density at radius 1 is 0.600 bits per heavy atom. The second-order valence-electron chi connectivity index (χ2n) is 3.73. The highest BCUT2D eigenvalue weighted by Gasteiger charge is 1.98. The number of aromatic hydroxyl groups is 4. The zero-order chi connectivity index (χ0) is 15.1. The van der Waals surface area contributed by atoms with Crippen LogP contribution in [-0.2, 0) is 0 Å². The Kier molecular flexibility index (Phi) is 5.11. The molecule has 0 atom stereocenters. The van der Waals surface area contributed by atoms with Gasteiger partial charge in [0.2, 0.25) is 0 Å². The van der Waals surface area contributed by atoms with Crippen molar-refractivity contribution in [2.24, 2.45) is 0 Å². The summed E-state index contributed by atoms with van der Waals surface area (Å²) in [6, 6.07) is 7.76. The minimum Gasteiger partial charge on any atom is -0.504 e. The summed E-state index contributed by atoms with van der Waals surface area (Å²) in [5.41, 5.74) is 0.686. The van der Waals surface area contributed by atoms with Gasteiger partial charge in [0.15, 0.2) is 23.0 Å². The van der Waals surface area contributed by atoms with Gasteiger partial charge in [0.25, 0.3) is 0 Å². The van der Waals surface area contributed by atoms with E-state index in [9.17, 15) is 9.59 Å². The number of benzene rings is 2. The van der Waals surface area contributed by atoms with Crippen molar-refractivity contribution in [2.45, 2.75) is 0 Å². The maximum Gasteiger partial charge on any atom is 0.158 e. The lowest BCUT2D eigenvalue weighted by molar-refractivity contribution is 0.111. The van der Waals surface area contributed by atoms with Gasteiger partial charge in [0.1, 0.15) is 12.6 Å². The van der Waals surface area contributed by atoms with E-state index in [1.165, 1.54) is 36.4 Å². The van der Waals surface area contributed by atoms with Crippen molar-refractivity contribution < 1.29 is 30.0 Å². The van der Waals surface area contributed by atoms with Crippen LogP contribution in [0.1, 0.15) is 20.7 Å². The van der Waals surface area contributed by atoms with Crippen molar-refractivity contribution in [3.63, 3.8) is 0 Å². The average Bonchev–Trinajstić information content (AvgIpc) is 2.45. The topological polar surface area (TPSA) is 115 Å². The third-order valence-corrected chi connectivity index (χ3v) is 2.27. The Morgan fingerprint density at radius 2 is 0.950 bits per heavy atom. The first kappa shape index (κ1) is 15.0. The number of phenolic OH excluding ortho intramolecular Hbond substituents is 4. The number of rotatable bonds is 2. The predicted octanol–water partition coefficient (Wildman–Crippen LogP) is 1.82. The summed E-state index contributed by atoms with van der Waals surface area (Å²) >= 11 is 0. The van der Waals surface area contributed by atoms with Gasteiger partial charge in [0.05, 0.1) is 0 Å². The zero-order valence-electron chi connectivity index (χ0n) is 10.2. The second-order valence-corrected chi connectivity index (χ2v) is 3.73. The fourth-order valence-corrected chi connectivity index (χ4v) is 1.23. The van der Waals surface area contributed by atoms with E-state index >= 15 is 0 Å². The lowest BCUT2D eigenvalue weighted by atomic mass is 10.2. The summed E-state index contributed by atoms with van der Waals surface area (Å²) in [6.07, 6.45) is 1.19. The van der Waals surface area contributed by atoms with E-state index < -0.39 is 0 Å². The molecule has 0 aliphatic heterocycles. The third-order valence-electron chi connectivity index (χ3n) is 2.27. The molecule has 20 heavy (non-hydrogen) atoms. The van der Waals surface area contributed by atoms with Crippen LogP contribution in [0.3, 0.4) is 0 Å². The van der Waals surface area contributed by atoms with Crippen molar-refractivity contribution >= 4 is 12.6 Å². The monoisotopic (exact) mass is 276 g/mol. The first-order chi connectivity index (χ1) is 9.47. The molecule has 4 N–H and O–H groups in total. The molecule has 2 aromatic carbocycles. The van der Waals surface area contributed by atoms with Crippen molar-refractivity contribution in [2.75, 3.05) is 0 Å². The van der Waals surface area contributed by atoms with Crippen LogP contribution >= 0.6 is 0 Å². The summed E-state index contributed by atoms with van der Waals surface area (Å²) < 4.78 is 0. The highest BCUT2D eigenvalue weighted by Crippen LogP contribution is 2.24. The molecule has 0 spiro atoms. The molecule has 0 amide bonds. The molecule has 2 rings (SSSR count). The maximum atomic E-state index is 10.1. The Bertz CT molecular complexity index is 566. The first-order valence-electron chi connectivity index (χ1n) is 5.42. The van der Waals surface area contributed by atoms with Gasteiger partial charge in [0, 0.05) is 11.1 Å². The molecule has 0 radical (unpaired) electrons. The molecule has 6 heteroatoms. The minimum absolute atomic E-state index is 0.217. The van der Waals surface area contributed by atoms with Gasteiger partial charge < -0.3 is 20.4 Å². The lowest BCUT2D eigenvalue weighted by Gasteiger charge is -1.95. The van der Waals surface area contributed by atoms with Gasteiger partial charge in [-0.25, -0.2) is 0 Å². The van der Waals surface area contributed by atoms with Gasteiger partial charge in [-0.2, -0.15) is 0 Å². The van der Waals surface area contributed by atoms with Crippen molar-refractivity contribution in [3.8, 4) is 23.0 Å². The molecule has 0 saturated carbocycles. The molecule has 0 aromatic heterocycles. The van der Waals surface area contributed by atoms with Crippen LogP contribution in [0, 0.1) is 0 Å². The third kappa shape index (κ3) is 4.02. The molecule has 6 nitrogen and oxygen atoms in total. The zero-order valence-corrected chi connectivity index (χ0v) is 10.2. The number of hydrogen-bond donors (Lipinski definition) is 4. The molecule has 0 aliphatic carbocycles. The van der Waals surface area contributed by atoms with Gasteiger partial charge in [-0.1, -0.05) is 0 Å². The van der Waals surface area contributed by atoms with E-state index in [-0.39, 0.29) is 23.0 Å². The van der Waals surface area contributed by atoms with E-state index in [2.05, 4.69) is 0 Å². The Balaban J connectivity index is 0.000000200. The van der Waals surface area contributed by atoms with Gasteiger partial charge in [-0.3, -0.25) is 9.59 Å². The molecular weight excluding hydrogens is 264 g/mol. The van der Waals surface area contributed by atoms with E-state index in [1.54, 1.807) is 0 Å². The van der Waals surface area contributed by atoms with Crippen molar-refractivity contribution in [1.82, 2.24) is 0 Å². The Morgan fingerprint density at radius 3 is 1.20 bits per heavy atom. The molecule has 104 valence electrons. The summed E-state index contributed by atoms with van der Waals surface area (Å²) in [7, 11) is 0. The molecule has 0 saturated heterocycles.